The molecule has 0 saturated carbocycles. The molecule has 0 aliphatic carbocycles. The van der Waals surface area contributed by atoms with Gasteiger partial charge in [0.05, 0.1) is 12.6 Å². The lowest BCUT2D eigenvalue weighted by Gasteiger charge is -2.20. The number of fused-ring (bicyclic) bond motifs is 1. The molecule has 3 N–H and O–H groups in total. The topological polar surface area (TPSA) is 77.2 Å². The van der Waals surface area contributed by atoms with Crippen molar-refractivity contribution in [2.45, 2.75) is 26.3 Å². The highest BCUT2D eigenvalue weighted by Gasteiger charge is 2.21. The summed E-state index contributed by atoms with van der Waals surface area (Å²) in [6, 6.07) is 7.03. The van der Waals surface area contributed by atoms with Crippen molar-refractivity contribution in [3.63, 3.8) is 0 Å². The van der Waals surface area contributed by atoms with Gasteiger partial charge in [-0.05, 0) is 36.6 Å². The highest BCUT2D eigenvalue weighted by molar-refractivity contribution is 5.94. The number of pyridine rings is 1. The summed E-state index contributed by atoms with van der Waals surface area (Å²) in [5.74, 6) is 0.120. The first-order chi connectivity index (χ1) is 10.0. The molecule has 2 aromatic rings. The molecule has 0 amide bonds. The summed E-state index contributed by atoms with van der Waals surface area (Å²) in [5.41, 5.74) is 8.10. The van der Waals surface area contributed by atoms with Gasteiger partial charge in [-0.2, -0.15) is 0 Å². The quantitative estimate of drug-likeness (QED) is 0.653. The molecule has 1 atom stereocenters. The number of ether oxygens (including phenoxy) is 1. The summed E-state index contributed by atoms with van der Waals surface area (Å²) in [6.07, 6.45) is 2.40. The maximum atomic E-state index is 11.9. The molecule has 112 valence electrons. The fourth-order valence-electron chi connectivity index (χ4n) is 2.31. The van der Waals surface area contributed by atoms with E-state index in [-0.39, 0.29) is 12.0 Å². The molecule has 0 saturated heterocycles. The second-order valence-electron chi connectivity index (χ2n) is 5.48. The predicted molar refractivity (Wildman–Crippen MR) is 85.0 cm³/mol. The van der Waals surface area contributed by atoms with Gasteiger partial charge in [0, 0.05) is 23.0 Å². The molecule has 2 rings (SSSR count). The lowest BCUT2D eigenvalue weighted by molar-refractivity contribution is -0.141. The van der Waals surface area contributed by atoms with Crippen LogP contribution in [0.25, 0.3) is 10.9 Å². The van der Waals surface area contributed by atoms with Crippen molar-refractivity contribution in [1.29, 1.82) is 0 Å². The molecule has 1 aromatic heterocycles. The molecule has 21 heavy (non-hydrogen) atoms. The maximum Gasteiger partial charge on any atom is 0.328 e. The van der Waals surface area contributed by atoms with Crippen LogP contribution in [-0.4, -0.2) is 24.1 Å². The molecule has 0 fully saturated rings. The molecular formula is C16H21N3O2. The van der Waals surface area contributed by atoms with E-state index in [1.54, 1.807) is 6.20 Å². The standard InChI is InChI=1S/C16H21N3O2/c1-10(2)8-15(16(20)21-3)19-13-6-7-18-14-9-11(17)4-5-12(13)14/h4-7,9-10,15H,8,17H2,1-3H3,(H,18,19). The predicted octanol–water partition coefficient (Wildman–Crippen LogP) is 2.82. The van der Waals surface area contributed by atoms with Crippen molar-refractivity contribution in [3.05, 3.63) is 30.5 Å². The Morgan fingerprint density at radius 2 is 2.14 bits per heavy atom. The summed E-state index contributed by atoms with van der Waals surface area (Å²) < 4.78 is 4.88. The Labute approximate surface area is 124 Å². The fraction of sp³-hybridized carbons (Fsp3) is 0.375. The summed E-state index contributed by atoms with van der Waals surface area (Å²) >= 11 is 0. The molecule has 5 heteroatoms. The number of nitrogens with two attached hydrogens (primary N) is 1. The highest BCUT2D eigenvalue weighted by Crippen LogP contribution is 2.25. The first-order valence-electron chi connectivity index (χ1n) is 7.00. The summed E-state index contributed by atoms with van der Waals surface area (Å²) in [4.78, 5) is 16.2. The number of nitrogens with zero attached hydrogens (tertiary/aromatic N) is 1. The Bertz CT molecular complexity index is 640. The largest absolute Gasteiger partial charge is 0.467 e. The SMILES string of the molecule is COC(=O)C(CC(C)C)Nc1ccnc2cc(N)ccc12. The van der Waals surface area contributed by atoms with Crippen LogP contribution in [0.3, 0.4) is 0 Å². The second kappa shape index (κ2) is 6.43. The Hall–Kier alpha value is -2.30. The van der Waals surface area contributed by atoms with Crippen LogP contribution in [0.15, 0.2) is 30.5 Å². The maximum absolute atomic E-state index is 11.9. The highest BCUT2D eigenvalue weighted by atomic mass is 16.5. The van der Waals surface area contributed by atoms with Crippen molar-refractivity contribution < 1.29 is 9.53 Å². The van der Waals surface area contributed by atoms with Gasteiger partial charge in [0.25, 0.3) is 0 Å². The van der Waals surface area contributed by atoms with Crippen LogP contribution in [0.1, 0.15) is 20.3 Å². The second-order valence-corrected chi connectivity index (χ2v) is 5.48. The number of esters is 1. The number of carbonyl (C=O) groups is 1. The van der Waals surface area contributed by atoms with E-state index >= 15 is 0 Å². The zero-order valence-corrected chi connectivity index (χ0v) is 12.6. The number of aromatic nitrogens is 1. The van der Waals surface area contributed by atoms with E-state index < -0.39 is 0 Å². The Morgan fingerprint density at radius 3 is 2.81 bits per heavy atom. The molecule has 0 bridgehead atoms. The van der Waals surface area contributed by atoms with E-state index in [9.17, 15) is 4.79 Å². The van der Waals surface area contributed by atoms with Crippen molar-refractivity contribution in [2.24, 2.45) is 5.92 Å². The number of rotatable bonds is 5. The van der Waals surface area contributed by atoms with Gasteiger partial charge in [-0.15, -0.1) is 0 Å². The molecule has 5 nitrogen and oxygen atoms in total. The number of hydrogen-bond donors (Lipinski definition) is 2. The number of benzene rings is 1. The van der Waals surface area contributed by atoms with E-state index in [2.05, 4.69) is 24.1 Å². The Morgan fingerprint density at radius 1 is 1.38 bits per heavy atom. The van der Waals surface area contributed by atoms with Crippen LogP contribution in [-0.2, 0) is 9.53 Å². The van der Waals surface area contributed by atoms with E-state index in [1.165, 1.54) is 7.11 Å². The molecule has 0 spiro atoms. The van der Waals surface area contributed by atoms with Crippen molar-refractivity contribution in [1.82, 2.24) is 4.98 Å². The number of anilines is 2. The smallest absolute Gasteiger partial charge is 0.328 e. The van der Waals surface area contributed by atoms with E-state index in [0.717, 1.165) is 16.6 Å². The van der Waals surface area contributed by atoms with E-state index in [4.69, 9.17) is 10.5 Å². The zero-order chi connectivity index (χ0) is 15.4. The molecule has 0 aliphatic rings. The Kier molecular flexibility index (Phi) is 4.62. The first kappa shape index (κ1) is 15.1. The average Bonchev–Trinajstić information content (AvgIpc) is 2.45. The molecular weight excluding hydrogens is 266 g/mol. The monoisotopic (exact) mass is 287 g/mol. The first-order valence-corrected chi connectivity index (χ1v) is 7.00. The van der Waals surface area contributed by atoms with Crippen LogP contribution in [0, 0.1) is 5.92 Å². The lowest BCUT2D eigenvalue weighted by Crippen LogP contribution is -2.32. The van der Waals surface area contributed by atoms with Gasteiger partial charge >= 0.3 is 5.97 Å². The van der Waals surface area contributed by atoms with Crippen molar-refractivity contribution in [3.8, 4) is 0 Å². The van der Waals surface area contributed by atoms with Crippen molar-refractivity contribution >= 4 is 28.2 Å². The third-order valence-corrected chi connectivity index (χ3v) is 3.29. The van der Waals surface area contributed by atoms with Crippen LogP contribution >= 0.6 is 0 Å². The van der Waals surface area contributed by atoms with Crippen LogP contribution in [0.4, 0.5) is 11.4 Å². The van der Waals surface area contributed by atoms with Crippen LogP contribution in [0.5, 0.6) is 0 Å². The summed E-state index contributed by atoms with van der Waals surface area (Å²) in [6.45, 7) is 4.14. The van der Waals surface area contributed by atoms with E-state index in [1.807, 2.05) is 24.3 Å². The normalized spacial score (nSPS) is 12.4. The molecule has 1 unspecified atom stereocenters. The molecule has 1 aromatic carbocycles. The van der Waals surface area contributed by atoms with Gasteiger partial charge < -0.3 is 15.8 Å². The summed E-state index contributed by atoms with van der Waals surface area (Å²) in [7, 11) is 1.41. The molecule has 0 aliphatic heterocycles. The van der Waals surface area contributed by atoms with Crippen LogP contribution in [0.2, 0.25) is 0 Å². The van der Waals surface area contributed by atoms with Crippen LogP contribution < -0.4 is 11.1 Å². The third kappa shape index (κ3) is 3.62. The van der Waals surface area contributed by atoms with Gasteiger partial charge in [-0.3, -0.25) is 4.98 Å². The summed E-state index contributed by atoms with van der Waals surface area (Å²) in [5, 5.41) is 4.20. The number of hydrogen-bond acceptors (Lipinski definition) is 5. The van der Waals surface area contributed by atoms with Gasteiger partial charge in [-0.1, -0.05) is 13.8 Å². The average molecular weight is 287 g/mol. The Balaban J connectivity index is 2.34. The number of carbonyl (C=O) groups excluding carboxylic acids is 1. The number of nitrogen functional groups attached to an aromatic ring is 1. The van der Waals surface area contributed by atoms with Gasteiger partial charge in [-0.25, -0.2) is 4.79 Å². The lowest BCUT2D eigenvalue weighted by atomic mass is 10.0. The minimum atomic E-state index is -0.377. The fourth-order valence-corrected chi connectivity index (χ4v) is 2.31. The minimum Gasteiger partial charge on any atom is -0.467 e. The number of methoxy groups -OCH3 is 1. The van der Waals surface area contributed by atoms with Gasteiger partial charge in [0.2, 0.25) is 0 Å². The molecule has 1 heterocycles. The zero-order valence-electron chi connectivity index (χ0n) is 12.6. The van der Waals surface area contributed by atoms with Gasteiger partial charge in [0.1, 0.15) is 6.04 Å². The van der Waals surface area contributed by atoms with E-state index in [0.29, 0.717) is 18.0 Å². The van der Waals surface area contributed by atoms with Crippen molar-refractivity contribution in [2.75, 3.05) is 18.2 Å². The number of nitrogens with one attached hydrogen (secondary N) is 1. The van der Waals surface area contributed by atoms with Gasteiger partial charge in [0.15, 0.2) is 0 Å². The third-order valence-electron chi connectivity index (χ3n) is 3.29. The minimum absolute atomic E-state index is 0.260. The molecule has 0 radical (unpaired) electrons.